The molecule has 0 aliphatic carbocycles. The third-order valence-corrected chi connectivity index (χ3v) is 7.72. The summed E-state index contributed by atoms with van der Waals surface area (Å²) in [5.74, 6) is 0.639. The molecule has 0 atom stereocenters. The van der Waals surface area contributed by atoms with E-state index < -0.39 is 5.91 Å². The molecule has 2 aromatic heterocycles. The van der Waals surface area contributed by atoms with Crippen LogP contribution < -0.4 is 25.4 Å². The van der Waals surface area contributed by atoms with E-state index in [1.807, 2.05) is 58.0 Å². The first kappa shape index (κ1) is 30.6. The highest BCUT2D eigenvalue weighted by atomic mass is 16.5. The molecular weight excluding hydrogens is 564 g/mol. The zero-order valence-electron chi connectivity index (χ0n) is 26.2. The van der Waals surface area contributed by atoms with Crippen LogP contribution >= 0.6 is 0 Å². The van der Waals surface area contributed by atoms with Crippen LogP contribution in [0.1, 0.15) is 39.5 Å². The van der Waals surface area contributed by atoms with E-state index in [0.29, 0.717) is 47.3 Å². The predicted molar refractivity (Wildman–Crippen MR) is 164 cm³/mol. The molecule has 12 nitrogen and oxygen atoms in total. The van der Waals surface area contributed by atoms with Crippen molar-refractivity contribution >= 4 is 11.6 Å². The third kappa shape index (κ3) is 5.72. The molecule has 4 aromatic rings. The van der Waals surface area contributed by atoms with Crippen LogP contribution in [-0.4, -0.2) is 62.5 Å². The topological polar surface area (TPSA) is 125 Å². The molecule has 0 saturated carbocycles. The lowest BCUT2D eigenvalue weighted by Crippen LogP contribution is -2.44. The second-order valence-corrected chi connectivity index (χ2v) is 10.8. The zero-order valence-corrected chi connectivity index (χ0v) is 26.2. The summed E-state index contributed by atoms with van der Waals surface area (Å²) in [4.78, 5) is 32.2. The maximum Gasteiger partial charge on any atom is 0.330 e. The van der Waals surface area contributed by atoms with E-state index in [4.69, 9.17) is 19.2 Å². The maximum atomic E-state index is 14.1. The molecule has 0 spiro atoms. The lowest BCUT2D eigenvalue weighted by molar-refractivity contribution is -0.0604. The second-order valence-electron chi connectivity index (χ2n) is 10.8. The molecule has 0 saturated heterocycles. The van der Waals surface area contributed by atoms with Crippen molar-refractivity contribution in [3.8, 4) is 28.6 Å². The molecular formula is C32H38N6O6. The first-order valence-electron chi connectivity index (χ1n) is 14.5. The van der Waals surface area contributed by atoms with Gasteiger partial charge in [-0.3, -0.25) is 23.8 Å². The number of nitrogens with zero attached hydrogens (tertiary/aromatic N) is 6. The van der Waals surface area contributed by atoms with Crippen LogP contribution in [0.2, 0.25) is 0 Å². The summed E-state index contributed by atoms with van der Waals surface area (Å²) in [5, 5.41) is 15.4. The summed E-state index contributed by atoms with van der Waals surface area (Å²) in [5.41, 5.74) is 6.61. The van der Waals surface area contributed by atoms with Crippen molar-refractivity contribution in [3.05, 3.63) is 80.3 Å². The molecule has 232 valence electrons. The average molecular weight is 603 g/mol. The number of amides is 1. The predicted octanol–water partition coefficient (Wildman–Crippen LogP) is 3.71. The Labute approximate surface area is 255 Å². The summed E-state index contributed by atoms with van der Waals surface area (Å²) in [6.07, 6.45) is 2.09. The molecule has 1 aliphatic rings. The Morgan fingerprint density at radius 1 is 1.07 bits per heavy atom. The molecule has 1 amide bonds. The molecule has 0 radical (unpaired) electrons. The van der Waals surface area contributed by atoms with E-state index in [1.54, 1.807) is 18.7 Å². The maximum absolute atomic E-state index is 14.1. The van der Waals surface area contributed by atoms with Gasteiger partial charge < -0.3 is 14.2 Å². The molecule has 44 heavy (non-hydrogen) atoms. The zero-order chi connectivity index (χ0) is 31.7. The fraction of sp³-hybridized carbons (Fsp3) is 0.375. The normalized spacial score (nSPS) is 12.5. The molecule has 3 heterocycles. The number of methoxy groups -OCH3 is 2. The van der Waals surface area contributed by atoms with Gasteiger partial charge in [0.05, 0.1) is 38.8 Å². The lowest BCUT2D eigenvalue weighted by atomic mass is 9.97. The number of rotatable bonds is 9. The number of hydroxylamine groups is 2. The SMILES string of the molecule is CCOc1cc2c(cc1OC)-c1cc(=Nc3c(C)cc(C)cc3C)n(CCN(O)C(=O)c3cn(C)nc3OC)c(=O)n1CC2. The van der Waals surface area contributed by atoms with Crippen LogP contribution in [-0.2, 0) is 26.6 Å². The van der Waals surface area contributed by atoms with Crippen LogP contribution in [0.3, 0.4) is 0 Å². The first-order valence-corrected chi connectivity index (χ1v) is 14.5. The van der Waals surface area contributed by atoms with Crippen molar-refractivity contribution in [3.63, 3.8) is 0 Å². The smallest absolute Gasteiger partial charge is 0.330 e. The summed E-state index contributed by atoms with van der Waals surface area (Å²) in [6.45, 7) is 8.68. The van der Waals surface area contributed by atoms with Gasteiger partial charge in [-0.1, -0.05) is 17.7 Å². The Hall–Kier alpha value is -4.84. The molecule has 0 bridgehead atoms. The Morgan fingerprint density at radius 3 is 2.45 bits per heavy atom. The van der Waals surface area contributed by atoms with Gasteiger partial charge in [-0.25, -0.2) is 14.9 Å². The highest BCUT2D eigenvalue weighted by molar-refractivity contribution is 5.95. The Balaban J connectivity index is 1.64. The van der Waals surface area contributed by atoms with Crippen molar-refractivity contribution in [1.29, 1.82) is 0 Å². The molecule has 0 fully saturated rings. The monoisotopic (exact) mass is 602 g/mol. The first-order chi connectivity index (χ1) is 21.1. The molecule has 1 aliphatic heterocycles. The molecule has 12 heteroatoms. The van der Waals surface area contributed by atoms with Crippen LogP contribution in [0, 0.1) is 20.8 Å². The number of ether oxygens (including phenoxy) is 3. The van der Waals surface area contributed by atoms with Gasteiger partial charge in [0.1, 0.15) is 11.1 Å². The van der Waals surface area contributed by atoms with Crippen molar-refractivity contribution in [1.82, 2.24) is 24.0 Å². The molecule has 0 unspecified atom stereocenters. The van der Waals surface area contributed by atoms with Gasteiger partial charge in [-0.2, -0.15) is 0 Å². The second kappa shape index (κ2) is 12.4. The van der Waals surface area contributed by atoms with Crippen LogP contribution in [0.25, 0.3) is 11.3 Å². The van der Waals surface area contributed by atoms with Gasteiger partial charge in [0.15, 0.2) is 11.5 Å². The standard InChI is InChI=1S/C32H38N6O6/c1-8-44-27-15-22-9-10-36-25(23(22)16-26(27)42-6)17-28(33-29-20(3)13-19(2)14-21(29)4)37(32(36)40)11-12-38(41)31(39)24-18-35(5)34-30(24)43-7/h13-18,41H,8-12H2,1-7H3. The van der Waals surface area contributed by atoms with Gasteiger partial charge in [0.2, 0.25) is 5.88 Å². The summed E-state index contributed by atoms with van der Waals surface area (Å²) in [6, 6.07) is 9.85. The molecule has 1 N–H and O–H groups in total. The Bertz CT molecular complexity index is 1850. The number of carbonyl (C=O) groups excluding carboxylic acids is 1. The number of aryl methyl sites for hydroxylation is 5. The highest BCUT2D eigenvalue weighted by Gasteiger charge is 2.25. The number of hydrogen-bond acceptors (Lipinski definition) is 8. The average Bonchev–Trinajstić information content (AvgIpc) is 3.38. The van der Waals surface area contributed by atoms with Gasteiger partial charge in [0.25, 0.3) is 5.91 Å². The number of hydrogen-bond donors (Lipinski definition) is 1. The fourth-order valence-corrected chi connectivity index (χ4v) is 5.74. The summed E-state index contributed by atoms with van der Waals surface area (Å²) < 4.78 is 21.2. The largest absolute Gasteiger partial charge is 0.493 e. The van der Waals surface area contributed by atoms with E-state index in [9.17, 15) is 14.8 Å². The number of fused-ring (bicyclic) bond motifs is 3. The fourth-order valence-electron chi connectivity index (χ4n) is 5.74. The molecule has 2 aromatic carbocycles. The van der Waals surface area contributed by atoms with Gasteiger partial charge in [0, 0.05) is 38.0 Å². The Kier molecular flexibility index (Phi) is 8.63. The summed E-state index contributed by atoms with van der Waals surface area (Å²) >= 11 is 0. The van der Waals surface area contributed by atoms with E-state index in [1.165, 1.54) is 22.6 Å². The molecule has 5 rings (SSSR count). The third-order valence-electron chi connectivity index (χ3n) is 7.72. The van der Waals surface area contributed by atoms with Crippen molar-refractivity contribution in [2.45, 2.75) is 47.2 Å². The highest BCUT2D eigenvalue weighted by Crippen LogP contribution is 2.38. The van der Waals surface area contributed by atoms with Crippen molar-refractivity contribution in [2.24, 2.45) is 12.0 Å². The van der Waals surface area contributed by atoms with Crippen molar-refractivity contribution in [2.75, 3.05) is 27.4 Å². The Morgan fingerprint density at radius 2 is 1.80 bits per heavy atom. The van der Waals surface area contributed by atoms with Crippen molar-refractivity contribution < 1.29 is 24.2 Å². The minimum Gasteiger partial charge on any atom is -0.493 e. The van der Waals surface area contributed by atoms with Crippen LogP contribution in [0.15, 0.2) is 46.3 Å². The van der Waals surface area contributed by atoms with E-state index in [-0.39, 0.29) is 30.2 Å². The van der Waals surface area contributed by atoms with Gasteiger partial charge in [-0.05, 0) is 62.9 Å². The van der Waals surface area contributed by atoms with Crippen LogP contribution in [0.5, 0.6) is 17.4 Å². The number of benzene rings is 2. The minimum atomic E-state index is -0.691. The van der Waals surface area contributed by atoms with Crippen LogP contribution in [0.4, 0.5) is 5.69 Å². The van der Waals surface area contributed by atoms with Gasteiger partial charge in [-0.15, -0.1) is 5.10 Å². The van der Waals surface area contributed by atoms with E-state index >= 15 is 0 Å². The minimum absolute atomic E-state index is 0.00776. The summed E-state index contributed by atoms with van der Waals surface area (Å²) in [7, 11) is 4.64. The number of aromatic nitrogens is 4. The quantitative estimate of drug-likeness (QED) is 0.229. The number of carbonyl (C=O) groups is 1. The van der Waals surface area contributed by atoms with Gasteiger partial charge >= 0.3 is 5.69 Å². The lowest BCUT2D eigenvalue weighted by Gasteiger charge is -2.25. The van der Waals surface area contributed by atoms with E-state index in [0.717, 1.165) is 33.5 Å². The van der Waals surface area contributed by atoms with E-state index in [2.05, 4.69) is 5.10 Å².